The van der Waals surface area contributed by atoms with Crippen molar-refractivity contribution < 1.29 is 26.8 Å². The molecule has 2 rings (SSSR count). The van der Waals surface area contributed by atoms with Crippen molar-refractivity contribution in [3.05, 3.63) is 64.7 Å². The molecule has 0 heterocycles. The monoisotopic (exact) mass is 515 g/mol. The average Bonchev–Trinajstić information content (AvgIpc) is 2.71. The van der Waals surface area contributed by atoms with Gasteiger partial charge in [-0.15, -0.1) is 0 Å². The van der Waals surface area contributed by atoms with Crippen LogP contribution >= 0.6 is 11.6 Å². The Hall–Kier alpha value is -2.72. The lowest BCUT2D eigenvalue weighted by Gasteiger charge is -2.33. The Morgan fingerprint density at radius 3 is 2.18 bits per heavy atom. The van der Waals surface area contributed by atoms with Crippen LogP contribution in [0.2, 0.25) is 5.02 Å². The highest BCUT2D eigenvalue weighted by atomic mass is 35.5. The highest BCUT2D eigenvalue weighted by molar-refractivity contribution is 7.92. The molecule has 0 spiro atoms. The molecule has 0 unspecified atom stereocenters. The Morgan fingerprint density at radius 1 is 1.09 bits per heavy atom. The van der Waals surface area contributed by atoms with Crippen molar-refractivity contribution >= 4 is 39.1 Å². The van der Waals surface area contributed by atoms with Gasteiger partial charge in [0, 0.05) is 12.1 Å². The quantitative estimate of drug-likeness (QED) is 0.580. The molecule has 7 nitrogen and oxygen atoms in total. The molecule has 186 valence electrons. The van der Waals surface area contributed by atoms with Crippen molar-refractivity contribution in [3.63, 3.8) is 0 Å². The molecule has 11 heteroatoms. The number of benzene rings is 2. The highest BCUT2D eigenvalue weighted by Crippen LogP contribution is 2.25. The van der Waals surface area contributed by atoms with Gasteiger partial charge < -0.3 is 10.2 Å². The summed E-state index contributed by atoms with van der Waals surface area (Å²) in [5, 5.41) is 2.49. The van der Waals surface area contributed by atoms with Crippen LogP contribution in [-0.4, -0.2) is 49.5 Å². The van der Waals surface area contributed by atoms with Crippen LogP contribution in [0.15, 0.2) is 42.5 Å². The van der Waals surface area contributed by atoms with Crippen molar-refractivity contribution in [2.45, 2.75) is 45.8 Å². The fraction of sp³-hybridized carbons (Fsp3) is 0.391. The fourth-order valence-corrected chi connectivity index (χ4v) is 4.11. The molecular weight excluding hydrogens is 488 g/mol. The second-order valence-electron chi connectivity index (χ2n) is 8.93. The number of hydrogen-bond acceptors (Lipinski definition) is 4. The Balaban J connectivity index is 2.41. The van der Waals surface area contributed by atoms with E-state index in [1.807, 2.05) is 0 Å². The van der Waals surface area contributed by atoms with Crippen molar-refractivity contribution in [1.29, 1.82) is 0 Å². The Kier molecular flexibility index (Phi) is 8.65. The highest BCUT2D eigenvalue weighted by Gasteiger charge is 2.31. The van der Waals surface area contributed by atoms with E-state index < -0.39 is 51.6 Å². The summed E-state index contributed by atoms with van der Waals surface area (Å²) in [6.07, 6.45) is 0.900. The molecule has 0 aliphatic rings. The van der Waals surface area contributed by atoms with Gasteiger partial charge in [0.05, 0.1) is 17.0 Å². The third-order valence-corrected chi connectivity index (χ3v) is 6.23. The SMILES string of the molecule is C[C@H](C(=O)NC(C)(C)C)N(Cc1ccc(F)cc1)C(=O)CN(c1ccc(F)c(Cl)c1)S(C)(=O)=O. The normalized spacial score (nSPS) is 12.7. The third-order valence-electron chi connectivity index (χ3n) is 4.80. The zero-order valence-electron chi connectivity index (χ0n) is 19.6. The molecule has 34 heavy (non-hydrogen) atoms. The van der Waals surface area contributed by atoms with Crippen LogP contribution in [-0.2, 0) is 26.2 Å². The molecule has 0 aliphatic heterocycles. The summed E-state index contributed by atoms with van der Waals surface area (Å²) in [4.78, 5) is 27.4. The van der Waals surface area contributed by atoms with Crippen molar-refractivity contribution in [3.8, 4) is 0 Å². The summed E-state index contributed by atoms with van der Waals surface area (Å²) in [6, 6.07) is 7.70. The number of carbonyl (C=O) groups is 2. The molecule has 2 aromatic carbocycles. The number of sulfonamides is 1. The van der Waals surface area contributed by atoms with Gasteiger partial charge in [0.15, 0.2) is 0 Å². The van der Waals surface area contributed by atoms with E-state index in [-0.39, 0.29) is 17.3 Å². The van der Waals surface area contributed by atoms with Gasteiger partial charge in [0.1, 0.15) is 24.2 Å². The molecular formula is C23H28ClF2N3O4S. The fourth-order valence-electron chi connectivity index (χ4n) is 3.10. The second kappa shape index (κ2) is 10.7. The number of nitrogens with zero attached hydrogens (tertiary/aromatic N) is 2. The number of anilines is 1. The van der Waals surface area contributed by atoms with E-state index in [1.54, 1.807) is 20.8 Å². The van der Waals surface area contributed by atoms with Crippen LogP contribution in [0.4, 0.5) is 14.5 Å². The van der Waals surface area contributed by atoms with Crippen molar-refractivity contribution in [1.82, 2.24) is 10.2 Å². The zero-order chi connectivity index (χ0) is 25.8. The van der Waals surface area contributed by atoms with Gasteiger partial charge >= 0.3 is 0 Å². The Labute approximate surface area is 203 Å². The number of nitrogens with one attached hydrogen (secondary N) is 1. The largest absolute Gasteiger partial charge is 0.350 e. The van der Waals surface area contributed by atoms with E-state index in [1.165, 1.54) is 42.2 Å². The first-order chi connectivity index (χ1) is 15.6. The summed E-state index contributed by atoms with van der Waals surface area (Å²) in [5.41, 5.74) is -0.0313. The molecule has 0 aromatic heterocycles. The van der Waals surface area contributed by atoms with Gasteiger partial charge in [-0.3, -0.25) is 13.9 Å². The van der Waals surface area contributed by atoms with Crippen LogP contribution in [0.5, 0.6) is 0 Å². The van der Waals surface area contributed by atoms with Crippen LogP contribution in [0.3, 0.4) is 0 Å². The first kappa shape index (κ1) is 27.5. The lowest BCUT2D eigenvalue weighted by molar-refractivity contribution is -0.140. The van der Waals surface area contributed by atoms with Crippen LogP contribution in [0, 0.1) is 11.6 Å². The Bertz CT molecular complexity index is 1150. The van der Waals surface area contributed by atoms with Gasteiger partial charge in [-0.2, -0.15) is 0 Å². The molecule has 1 N–H and O–H groups in total. The number of rotatable bonds is 8. The molecule has 2 aromatic rings. The minimum atomic E-state index is -3.97. The van der Waals surface area contributed by atoms with E-state index >= 15 is 0 Å². The maximum absolute atomic E-state index is 13.6. The lowest BCUT2D eigenvalue weighted by atomic mass is 10.1. The van der Waals surface area contributed by atoms with E-state index in [4.69, 9.17) is 11.6 Å². The molecule has 0 saturated carbocycles. The molecule has 0 aliphatic carbocycles. The summed E-state index contributed by atoms with van der Waals surface area (Å²) in [5.74, 6) is -2.34. The maximum atomic E-state index is 13.6. The first-order valence-electron chi connectivity index (χ1n) is 10.4. The maximum Gasteiger partial charge on any atom is 0.244 e. The number of amides is 2. The zero-order valence-corrected chi connectivity index (χ0v) is 21.2. The lowest BCUT2D eigenvalue weighted by Crippen LogP contribution is -2.54. The summed E-state index contributed by atoms with van der Waals surface area (Å²) in [6.45, 7) is 6.14. The molecule has 0 fully saturated rings. The topological polar surface area (TPSA) is 86.8 Å². The van der Waals surface area contributed by atoms with E-state index in [0.717, 1.165) is 22.7 Å². The molecule has 1 atom stereocenters. The molecule has 0 bridgehead atoms. The predicted molar refractivity (Wildman–Crippen MR) is 128 cm³/mol. The van der Waals surface area contributed by atoms with E-state index in [2.05, 4.69) is 5.32 Å². The van der Waals surface area contributed by atoms with Gasteiger partial charge in [0.2, 0.25) is 21.8 Å². The number of carbonyl (C=O) groups excluding carboxylic acids is 2. The molecule has 0 saturated heterocycles. The van der Waals surface area contributed by atoms with Crippen molar-refractivity contribution in [2.24, 2.45) is 0 Å². The van der Waals surface area contributed by atoms with Gasteiger partial charge in [-0.1, -0.05) is 23.7 Å². The third kappa shape index (κ3) is 7.66. The van der Waals surface area contributed by atoms with Crippen LogP contribution < -0.4 is 9.62 Å². The number of halogens is 3. The Morgan fingerprint density at radius 2 is 1.68 bits per heavy atom. The summed E-state index contributed by atoms with van der Waals surface area (Å²) < 4.78 is 52.7. The van der Waals surface area contributed by atoms with E-state index in [9.17, 15) is 26.8 Å². The first-order valence-corrected chi connectivity index (χ1v) is 12.6. The van der Waals surface area contributed by atoms with Crippen LogP contribution in [0.25, 0.3) is 0 Å². The smallest absolute Gasteiger partial charge is 0.244 e. The van der Waals surface area contributed by atoms with Crippen LogP contribution in [0.1, 0.15) is 33.3 Å². The van der Waals surface area contributed by atoms with Gasteiger partial charge in [-0.05, 0) is 63.6 Å². The van der Waals surface area contributed by atoms with Gasteiger partial charge in [0.25, 0.3) is 0 Å². The summed E-state index contributed by atoms with van der Waals surface area (Å²) >= 11 is 5.81. The second-order valence-corrected chi connectivity index (χ2v) is 11.2. The molecule has 0 radical (unpaired) electrons. The minimum Gasteiger partial charge on any atom is -0.350 e. The minimum absolute atomic E-state index is 0.00391. The summed E-state index contributed by atoms with van der Waals surface area (Å²) in [7, 11) is -3.97. The van der Waals surface area contributed by atoms with E-state index in [0.29, 0.717) is 5.56 Å². The van der Waals surface area contributed by atoms with Crippen molar-refractivity contribution in [2.75, 3.05) is 17.1 Å². The predicted octanol–water partition coefficient (Wildman–Crippen LogP) is 3.72. The molecule has 2 amide bonds. The number of hydrogen-bond donors (Lipinski definition) is 1. The average molecular weight is 516 g/mol. The van der Waals surface area contributed by atoms with Gasteiger partial charge in [-0.25, -0.2) is 17.2 Å². The standard InChI is InChI=1S/C23H28ClF2N3O4S/c1-15(22(31)27-23(2,3)4)28(13-16-6-8-17(25)9-7-16)21(30)14-29(34(5,32)33)18-10-11-20(26)19(24)12-18/h6-12,15H,13-14H2,1-5H3,(H,27,31)/t15-/m1/s1.